The van der Waals surface area contributed by atoms with Crippen molar-refractivity contribution in [3.63, 3.8) is 0 Å². The number of carbonyl (C=O) groups is 1. The highest BCUT2D eigenvalue weighted by atomic mass is 79.9. The topological polar surface area (TPSA) is 88.6 Å². The Morgan fingerprint density at radius 1 is 1.22 bits per heavy atom. The van der Waals surface area contributed by atoms with Crippen molar-refractivity contribution in [3.05, 3.63) is 84.7 Å². The second kappa shape index (κ2) is 11.1. The third-order valence-electron chi connectivity index (χ3n) is 6.69. The normalized spacial score (nSPS) is 19.1. The zero-order valence-electron chi connectivity index (χ0n) is 20.9. The zero-order valence-corrected chi connectivity index (χ0v) is 24.0. The standard InChI is InChI=1S/C28H28BrCl2N3O3/c1-28(2)12-22-26(23(35)13-28)25(20(14-32)27(33)34(22)8-9-36-3)19-10-17(29)5-7-24(19)37-15-16-4-6-18(30)11-21(16)31/h4-7,10-11,25H,8-9,12-13,15,33H2,1-3H3/t25-/m1/s1. The number of ketones is 1. The molecule has 194 valence electrons. The van der Waals surface area contributed by atoms with E-state index in [1.807, 2.05) is 29.2 Å². The van der Waals surface area contributed by atoms with Crippen molar-refractivity contribution in [1.29, 1.82) is 5.26 Å². The van der Waals surface area contributed by atoms with E-state index in [-0.39, 0.29) is 17.8 Å². The maximum absolute atomic E-state index is 13.7. The van der Waals surface area contributed by atoms with Gasteiger partial charge in [-0.2, -0.15) is 5.26 Å². The molecular formula is C28H28BrCl2N3O3. The molecule has 0 radical (unpaired) electrons. The van der Waals surface area contributed by atoms with Gasteiger partial charge in [0.2, 0.25) is 0 Å². The van der Waals surface area contributed by atoms with Crippen LogP contribution in [0.2, 0.25) is 10.0 Å². The molecule has 4 rings (SSSR count). The van der Waals surface area contributed by atoms with E-state index in [2.05, 4.69) is 35.8 Å². The highest BCUT2D eigenvalue weighted by Gasteiger charge is 2.45. The highest BCUT2D eigenvalue weighted by Crippen LogP contribution is 2.50. The third-order valence-corrected chi connectivity index (χ3v) is 7.77. The second-order valence-electron chi connectivity index (χ2n) is 10.00. The molecule has 2 aromatic rings. The van der Waals surface area contributed by atoms with Crippen LogP contribution < -0.4 is 10.5 Å². The number of halogens is 3. The molecule has 9 heteroatoms. The number of hydrogen-bond acceptors (Lipinski definition) is 6. The fourth-order valence-corrected chi connectivity index (χ4v) is 5.84. The molecule has 0 unspecified atom stereocenters. The summed E-state index contributed by atoms with van der Waals surface area (Å²) in [5.74, 6) is 0.219. The van der Waals surface area contributed by atoms with Crippen LogP contribution in [-0.4, -0.2) is 30.9 Å². The number of benzene rings is 2. The lowest BCUT2D eigenvalue weighted by Gasteiger charge is -2.44. The number of Topliss-reactive ketones (excluding diaryl/α,β-unsaturated/α-hetero) is 1. The van der Waals surface area contributed by atoms with Crippen molar-refractivity contribution < 1.29 is 14.3 Å². The predicted octanol–water partition coefficient (Wildman–Crippen LogP) is 6.72. The lowest BCUT2D eigenvalue weighted by Crippen LogP contribution is -2.43. The first-order chi connectivity index (χ1) is 17.6. The van der Waals surface area contributed by atoms with Crippen LogP contribution in [0.1, 0.15) is 43.7 Å². The number of nitrogens with zero attached hydrogens (tertiary/aromatic N) is 2. The Kier molecular flexibility index (Phi) is 8.25. The number of nitrogens with two attached hydrogens (primary N) is 1. The van der Waals surface area contributed by atoms with Gasteiger partial charge in [0.05, 0.1) is 24.2 Å². The molecule has 0 aromatic heterocycles. The minimum atomic E-state index is -0.657. The Bertz CT molecular complexity index is 1350. The molecule has 2 aromatic carbocycles. The Morgan fingerprint density at radius 3 is 2.65 bits per heavy atom. The summed E-state index contributed by atoms with van der Waals surface area (Å²) >= 11 is 16.0. The average molecular weight is 605 g/mol. The molecule has 0 saturated heterocycles. The van der Waals surface area contributed by atoms with Gasteiger partial charge in [0.25, 0.3) is 0 Å². The van der Waals surface area contributed by atoms with Gasteiger partial charge in [-0.25, -0.2) is 0 Å². The molecule has 6 nitrogen and oxygen atoms in total. The average Bonchev–Trinajstić information content (AvgIpc) is 2.82. The maximum Gasteiger partial charge on any atom is 0.162 e. The van der Waals surface area contributed by atoms with Crippen molar-refractivity contribution in [3.8, 4) is 11.8 Å². The molecule has 0 bridgehead atoms. The molecule has 1 heterocycles. The molecule has 0 fully saturated rings. The summed E-state index contributed by atoms with van der Waals surface area (Å²) in [5.41, 5.74) is 9.59. The van der Waals surface area contributed by atoms with E-state index in [1.165, 1.54) is 0 Å². The molecular weight excluding hydrogens is 577 g/mol. The number of methoxy groups -OCH3 is 1. The van der Waals surface area contributed by atoms with Crippen molar-refractivity contribution in [2.24, 2.45) is 11.1 Å². The molecule has 2 N–H and O–H groups in total. The van der Waals surface area contributed by atoms with Crippen molar-refractivity contribution in [1.82, 2.24) is 4.90 Å². The van der Waals surface area contributed by atoms with Gasteiger partial charge in [-0.15, -0.1) is 0 Å². The molecule has 0 saturated carbocycles. The quantitative estimate of drug-likeness (QED) is 0.377. The van der Waals surface area contributed by atoms with Crippen molar-refractivity contribution in [2.75, 3.05) is 20.3 Å². The largest absolute Gasteiger partial charge is 0.489 e. The van der Waals surface area contributed by atoms with Gasteiger partial charge in [0.1, 0.15) is 18.2 Å². The SMILES string of the molecule is COCCN1C(N)=C(C#N)[C@@H](c2cc(Br)ccc2OCc2ccc(Cl)cc2Cl)C2=C1CC(C)(C)CC2=O. The molecule has 1 aliphatic heterocycles. The number of nitriles is 1. The van der Waals surface area contributed by atoms with Crippen molar-refractivity contribution >= 4 is 44.9 Å². The smallest absolute Gasteiger partial charge is 0.162 e. The molecule has 37 heavy (non-hydrogen) atoms. The van der Waals surface area contributed by atoms with Crippen molar-refractivity contribution in [2.45, 2.75) is 39.2 Å². The summed E-state index contributed by atoms with van der Waals surface area (Å²) in [5, 5.41) is 11.3. The van der Waals surface area contributed by atoms with E-state index >= 15 is 0 Å². The fraction of sp³-hybridized carbons (Fsp3) is 0.357. The summed E-state index contributed by atoms with van der Waals surface area (Å²) in [6.07, 6.45) is 1.03. The van der Waals surface area contributed by atoms with Crippen LogP contribution >= 0.6 is 39.1 Å². The van der Waals surface area contributed by atoms with E-state index in [0.717, 1.165) is 15.7 Å². The first kappa shape index (κ1) is 27.5. The van der Waals surface area contributed by atoms with Crippen LogP contribution in [-0.2, 0) is 16.1 Å². The second-order valence-corrected chi connectivity index (χ2v) is 11.8. The molecule has 2 aliphatic rings. The van der Waals surface area contributed by atoms with Gasteiger partial charge in [-0.3, -0.25) is 4.79 Å². The first-order valence-electron chi connectivity index (χ1n) is 11.8. The first-order valence-corrected chi connectivity index (χ1v) is 13.4. The fourth-order valence-electron chi connectivity index (χ4n) is 4.99. The summed E-state index contributed by atoms with van der Waals surface area (Å²) in [4.78, 5) is 15.6. The molecule has 1 atom stereocenters. The summed E-state index contributed by atoms with van der Waals surface area (Å²) in [6.45, 7) is 5.18. The lowest BCUT2D eigenvalue weighted by atomic mass is 9.68. The number of ether oxygens (including phenoxy) is 2. The summed E-state index contributed by atoms with van der Waals surface area (Å²) in [6, 6.07) is 13.1. The minimum absolute atomic E-state index is 0.00517. The molecule has 0 spiro atoms. The van der Waals surface area contributed by atoms with E-state index in [1.54, 1.807) is 19.2 Å². The van der Waals surface area contributed by atoms with Crippen LogP contribution in [0.4, 0.5) is 0 Å². The number of hydrogen-bond donors (Lipinski definition) is 1. The number of rotatable bonds is 7. The highest BCUT2D eigenvalue weighted by molar-refractivity contribution is 9.10. The van der Waals surface area contributed by atoms with E-state index < -0.39 is 5.92 Å². The lowest BCUT2D eigenvalue weighted by molar-refractivity contribution is -0.118. The number of carbonyl (C=O) groups excluding carboxylic acids is 1. The van der Waals surface area contributed by atoms with Gasteiger partial charge in [-0.05, 0) is 42.2 Å². The monoisotopic (exact) mass is 603 g/mol. The van der Waals surface area contributed by atoms with Gasteiger partial charge < -0.3 is 20.1 Å². The van der Waals surface area contributed by atoms with E-state index in [9.17, 15) is 10.1 Å². The Labute approximate surface area is 235 Å². The Balaban J connectivity index is 1.84. The Hall–Kier alpha value is -2.50. The maximum atomic E-state index is 13.7. The van der Waals surface area contributed by atoms with Gasteiger partial charge in [0.15, 0.2) is 5.78 Å². The minimum Gasteiger partial charge on any atom is -0.489 e. The van der Waals surface area contributed by atoms with Crippen LogP contribution in [0, 0.1) is 16.7 Å². The van der Waals surface area contributed by atoms with Gasteiger partial charge >= 0.3 is 0 Å². The van der Waals surface area contributed by atoms with E-state index in [0.29, 0.717) is 64.3 Å². The van der Waals surface area contributed by atoms with Crippen LogP contribution in [0.3, 0.4) is 0 Å². The molecule has 1 aliphatic carbocycles. The summed E-state index contributed by atoms with van der Waals surface area (Å²) < 4.78 is 12.3. The van der Waals surface area contributed by atoms with Crippen LogP contribution in [0.5, 0.6) is 5.75 Å². The van der Waals surface area contributed by atoms with Gasteiger partial charge in [-0.1, -0.05) is 59.0 Å². The van der Waals surface area contributed by atoms with Crippen LogP contribution in [0.25, 0.3) is 0 Å². The van der Waals surface area contributed by atoms with Gasteiger partial charge in [0, 0.05) is 57.0 Å². The van der Waals surface area contributed by atoms with E-state index in [4.69, 9.17) is 38.4 Å². The Morgan fingerprint density at radius 2 is 1.97 bits per heavy atom. The molecule has 0 amide bonds. The third kappa shape index (κ3) is 5.68. The van der Waals surface area contributed by atoms with Crippen LogP contribution in [0.15, 0.2) is 63.5 Å². The summed E-state index contributed by atoms with van der Waals surface area (Å²) in [7, 11) is 1.61. The zero-order chi connectivity index (χ0) is 26.9. The predicted molar refractivity (Wildman–Crippen MR) is 148 cm³/mol. The number of allylic oxidation sites excluding steroid dienone is 3.